The highest BCUT2D eigenvalue weighted by atomic mass is 15.2. The summed E-state index contributed by atoms with van der Waals surface area (Å²) >= 11 is 0. The zero-order valence-corrected chi connectivity index (χ0v) is 16.2. The van der Waals surface area contributed by atoms with E-state index in [-0.39, 0.29) is 7.43 Å². The van der Waals surface area contributed by atoms with Crippen LogP contribution < -0.4 is 10.2 Å². The summed E-state index contributed by atoms with van der Waals surface area (Å²) in [7, 11) is 4.34. The van der Waals surface area contributed by atoms with Crippen LogP contribution in [-0.4, -0.2) is 47.7 Å². The number of nitrogens with one attached hydrogen (secondary N) is 1. The Morgan fingerprint density at radius 2 is 1.64 bits per heavy atom. The third kappa shape index (κ3) is 3.24. The Bertz CT molecular complexity index is 965. The van der Waals surface area contributed by atoms with Crippen molar-refractivity contribution in [1.29, 1.82) is 0 Å². The second-order valence-corrected chi connectivity index (χ2v) is 7.87. The van der Waals surface area contributed by atoms with Gasteiger partial charge in [0, 0.05) is 55.7 Å². The van der Waals surface area contributed by atoms with Gasteiger partial charge in [-0.2, -0.15) is 0 Å². The molecule has 3 aromatic rings. The number of anilines is 3. The topological polar surface area (TPSA) is 36.3 Å². The van der Waals surface area contributed by atoms with Crippen LogP contribution in [0, 0.1) is 0 Å². The molecule has 1 aliphatic heterocycles. The summed E-state index contributed by atoms with van der Waals surface area (Å²) in [5.74, 6) is 0.911. The number of hydrogen-bond acceptors (Lipinski definition) is 4. The van der Waals surface area contributed by atoms with E-state index in [1.165, 1.54) is 41.6 Å². The first-order valence-corrected chi connectivity index (χ1v) is 9.97. The number of fused-ring (bicyclic) bond motifs is 3. The SMILES string of the molecule is C.CN1CCN(c2ccc(Nc3ccc4c5c(n(C)c4n3)CCC5)cc2)CC1. The van der Waals surface area contributed by atoms with Crippen molar-refractivity contribution in [2.45, 2.75) is 26.7 Å². The maximum Gasteiger partial charge on any atom is 0.142 e. The molecular formula is C23H31N5. The van der Waals surface area contributed by atoms with Gasteiger partial charge in [0.05, 0.1) is 0 Å². The Morgan fingerprint density at radius 1 is 0.893 bits per heavy atom. The highest BCUT2D eigenvalue weighted by Crippen LogP contribution is 2.32. The molecule has 1 saturated heterocycles. The molecule has 5 rings (SSSR count). The number of piperazine rings is 1. The van der Waals surface area contributed by atoms with E-state index in [0.717, 1.165) is 43.3 Å². The normalized spacial score (nSPS) is 16.9. The number of nitrogens with zero attached hydrogens (tertiary/aromatic N) is 4. The molecule has 5 heteroatoms. The zero-order chi connectivity index (χ0) is 18.4. The molecule has 0 atom stereocenters. The Balaban J connectivity index is 0.00000192. The quantitative estimate of drug-likeness (QED) is 0.742. The van der Waals surface area contributed by atoms with Crippen molar-refractivity contribution in [2.75, 3.05) is 43.4 Å². The van der Waals surface area contributed by atoms with Gasteiger partial charge in [0.15, 0.2) is 0 Å². The van der Waals surface area contributed by atoms with Crippen molar-refractivity contribution in [3.63, 3.8) is 0 Å². The summed E-state index contributed by atoms with van der Waals surface area (Å²) in [6.45, 7) is 4.45. The summed E-state index contributed by atoms with van der Waals surface area (Å²) in [6, 6.07) is 13.1. The van der Waals surface area contributed by atoms with E-state index < -0.39 is 0 Å². The third-order valence-corrected chi connectivity index (χ3v) is 6.12. The predicted molar refractivity (Wildman–Crippen MR) is 119 cm³/mol. The average Bonchev–Trinajstić information content (AvgIpc) is 3.27. The van der Waals surface area contributed by atoms with Crippen LogP contribution in [0.3, 0.4) is 0 Å². The Hall–Kier alpha value is -2.53. The fraction of sp³-hybridized carbons (Fsp3) is 0.435. The van der Waals surface area contributed by atoms with E-state index in [9.17, 15) is 0 Å². The van der Waals surface area contributed by atoms with Gasteiger partial charge in [-0.25, -0.2) is 4.98 Å². The Labute approximate surface area is 168 Å². The Kier molecular flexibility index (Phi) is 5.02. The second kappa shape index (κ2) is 7.47. The van der Waals surface area contributed by atoms with E-state index in [1.54, 1.807) is 0 Å². The summed E-state index contributed by atoms with van der Waals surface area (Å²) in [6.07, 6.45) is 3.64. The lowest BCUT2D eigenvalue weighted by atomic mass is 10.2. The zero-order valence-electron chi connectivity index (χ0n) is 16.2. The molecule has 3 heterocycles. The Morgan fingerprint density at radius 3 is 2.39 bits per heavy atom. The molecule has 0 bridgehead atoms. The molecule has 1 aliphatic carbocycles. The van der Waals surface area contributed by atoms with Crippen LogP contribution in [0.5, 0.6) is 0 Å². The molecule has 5 nitrogen and oxygen atoms in total. The summed E-state index contributed by atoms with van der Waals surface area (Å²) in [4.78, 5) is 9.73. The standard InChI is InChI=1S/C22H27N5.CH4/c1-25-12-14-27(15-13-25)17-8-6-16(7-9-17)23-21-11-10-19-18-4-3-5-20(18)26(2)22(19)24-21;/h6-11H,3-5,12-15H2,1-2H3,(H,23,24);1H4. The highest BCUT2D eigenvalue weighted by Gasteiger charge is 2.20. The molecule has 1 fully saturated rings. The minimum atomic E-state index is 0. The molecule has 2 aromatic heterocycles. The molecule has 1 aromatic carbocycles. The largest absolute Gasteiger partial charge is 0.369 e. The number of pyridine rings is 1. The van der Waals surface area contributed by atoms with Gasteiger partial charge in [0.2, 0.25) is 0 Å². The van der Waals surface area contributed by atoms with Gasteiger partial charge in [-0.05, 0) is 68.3 Å². The van der Waals surface area contributed by atoms with Crippen LogP contribution in [0.4, 0.5) is 17.2 Å². The number of aromatic nitrogens is 2. The average molecular weight is 378 g/mol. The van der Waals surface area contributed by atoms with Crippen LogP contribution in [-0.2, 0) is 19.9 Å². The van der Waals surface area contributed by atoms with E-state index in [1.807, 2.05) is 0 Å². The minimum absolute atomic E-state index is 0. The lowest BCUT2D eigenvalue weighted by molar-refractivity contribution is 0.313. The van der Waals surface area contributed by atoms with E-state index in [2.05, 4.69) is 70.2 Å². The first-order valence-electron chi connectivity index (χ1n) is 9.97. The maximum atomic E-state index is 4.89. The van der Waals surface area contributed by atoms with Crippen LogP contribution in [0.1, 0.15) is 25.1 Å². The van der Waals surface area contributed by atoms with Gasteiger partial charge in [0.1, 0.15) is 11.5 Å². The van der Waals surface area contributed by atoms with Gasteiger partial charge >= 0.3 is 0 Å². The van der Waals surface area contributed by atoms with Crippen LogP contribution in [0.25, 0.3) is 11.0 Å². The first kappa shape index (κ1) is 18.8. The van der Waals surface area contributed by atoms with Gasteiger partial charge in [-0.1, -0.05) is 7.43 Å². The minimum Gasteiger partial charge on any atom is -0.369 e. The van der Waals surface area contributed by atoms with E-state index in [4.69, 9.17) is 4.98 Å². The fourth-order valence-electron chi connectivity index (χ4n) is 4.49. The van der Waals surface area contributed by atoms with Crippen molar-refractivity contribution < 1.29 is 0 Å². The molecule has 148 valence electrons. The smallest absolute Gasteiger partial charge is 0.142 e. The molecule has 0 amide bonds. The number of hydrogen-bond donors (Lipinski definition) is 1. The summed E-state index contributed by atoms with van der Waals surface area (Å²) in [5, 5.41) is 4.79. The molecule has 1 N–H and O–H groups in total. The van der Waals surface area contributed by atoms with Gasteiger partial charge in [-0.15, -0.1) is 0 Å². The lowest BCUT2D eigenvalue weighted by Crippen LogP contribution is -2.44. The monoisotopic (exact) mass is 377 g/mol. The van der Waals surface area contributed by atoms with Crippen LogP contribution >= 0.6 is 0 Å². The molecular weight excluding hydrogens is 346 g/mol. The number of benzene rings is 1. The third-order valence-electron chi connectivity index (χ3n) is 6.12. The molecule has 0 spiro atoms. The van der Waals surface area contributed by atoms with E-state index >= 15 is 0 Å². The van der Waals surface area contributed by atoms with Crippen molar-refractivity contribution in [3.8, 4) is 0 Å². The predicted octanol–water partition coefficient (Wildman–Crippen LogP) is 4.19. The molecule has 0 radical (unpaired) electrons. The summed E-state index contributed by atoms with van der Waals surface area (Å²) in [5.41, 5.74) is 6.45. The molecule has 2 aliphatic rings. The fourth-order valence-corrected chi connectivity index (χ4v) is 4.49. The van der Waals surface area contributed by atoms with Crippen molar-refractivity contribution in [2.24, 2.45) is 7.05 Å². The molecule has 28 heavy (non-hydrogen) atoms. The molecule has 0 unspecified atom stereocenters. The summed E-state index contributed by atoms with van der Waals surface area (Å²) < 4.78 is 2.28. The lowest BCUT2D eigenvalue weighted by Gasteiger charge is -2.34. The van der Waals surface area contributed by atoms with E-state index in [0.29, 0.717) is 0 Å². The van der Waals surface area contributed by atoms with Crippen molar-refractivity contribution >= 4 is 28.2 Å². The van der Waals surface area contributed by atoms with Crippen LogP contribution in [0.2, 0.25) is 0 Å². The number of rotatable bonds is 3. The highest BCUT2D eigenvalue weighted by molar-refractivity contribution is 5.84. The molecule has 0 saturated carbocycles. The van der Waals surface area contributed by atoms with Crippen LogP contribution in [0.15, 0.2) is 36.4 Å². The second-order valence-electron chi connectivity index (χ2n) is 7.87. The first-order chi connectivity index (χ1) is 13.2. The number of likely N-dealkylation sites (N-methyl/N-ethyl adjacent to an activating group) is 1. The number of aryl methyl sites for hydroxylation is 2. The van der Waals surface area contributed by atoms with Gasteiger partial charge in [0.25, 0.3) is 0 Å². The maximum absolute atomic E-state index is 4.89. The van der Waals surface area contributed by atoms with Gasteiger partial charge in [-0.3, -0.25) is 0 Å². The van der Waals surface area contributed by atoms with Crippen molar-refractivity contribution in [1.82, 2.24) is 14.5 Å². The van der Waals surface area contributed by atoms with Crippen molar-refractivity contribution in [3.05, 3.63) is 47.7 Å². The van der Waals surface area contributed by atoms with Gasteiger partial charge < -0.3 is 19.7 Å².